The maximum Gasteiger partial charge on any atom is 0.435 e. The van der Waals surface area contributed by atoms with Crippen molar-refractivity contribution in [2.24, 2.45) is 12.0 Å². The van der Waals surface area contributed by atoms with Gasteiger partial charge < -0.3 is 15.1 Å². The molecule has 0 aromatic carbocycles. The highest BCUT2D eigenvalue weighted by Crippen LogP contribution is 2.30. The Bertz CT molecular complexity index is 842. The van der Waals surface area contributed by atoms with Gasteiger partial charge in [0.05, 0.1) is 6.54 Å². The normalized spacial score (nSPS) is 15.3. The Kier molecular flexibility index (Phi) is 8.70. The maximum absolute atomic E-state index is 13.2. The number of nitrogens with zero attached hydrogens (tertiary/aromatic N) is 7. The van der Waals surface area contributed by atoms with Crippen LogP contribution < -0.4 is 10.2 Å². The highest BCUT2D eigenvalue weighted by molar-refractivity contribution is 14.0. The molecule has 0 unspecified atom stereocenters. The second-order valence-electron chi connectivity index (χ2n) is 6.67. The highest BCUT2D eigenvalue weighted by Gasteiger charge is 2.36. The van der Waals surface area contributed by atoms with E-state index in [1.807, 2.05) is 13.8 Å². The molecule has 13 heteroatoms. The van der Waals surface area contributed by atoms with Gasteiger partial charge in [0.1, 0.15) is 5.82 Å². The largest absolute Gasteiger partial charge is 0.435 e. The van der Waals surface area contributed by atoms with Crippen LogP contribution in [0.5, 0.6) is 0 Å². The van der Waals surface area contributed by atoms with Crippen molar-refractivity contribution in [1.82, 2.24) is 29.4 Å². The summed E-state index contributed by atoms with van der Waals surface area (Å²) in [7, 11) is 1.48. The molecule has 0 spiro atoms. The smallest absolute Gasteiger partial charge is 0.357 e. The van der Waals surface area contributed by atoms with Crippen LogP contribution in [0, 0.1) is 0 Å². The number of hydrogen-bond acceptors (Lipinski definition) is 6. The number of nitrogens with one attached hydrogen (secondary N) is 1. The summed E-state index contributed by atoms with van der Waals surface area (Å²) in [6.45, 7) is 7.42. The summed E-state index contributed by atoms with van der Waals surface area (Å²) >= 11 is 1.40. The zero-order valence-electron chi connectivity index (χ0n) is 17.1. The molecule has 0 aliphatic carbocycles. The molecule has 1 aliphatic rings. The predicted octanol–water partition coefficient (Wildman–Crippen LogP) is 2.76. The molecule has 2 aromatic rings. The Hall–Kier alpha value is -1.64. The number of piperazine rings is 1. The summed E-state index contributed by atoms with van der Waals surface area (Å²) in [6.07, 6.45) is -2.31. The topological polar surface area (TPSA) is 74.5 Å². The molecule has 0 radical (unpaired) electrons. The number of aryl methyl sites for hydroxylation is 2. The van der Waals surface area contributed by atoms with E-state index in [0.29, 0.717) is 25.6 Å². The summed E-state index contributed by atoms with van der Waals surface area (Å²) in [6, 6.07) is 0. The van der Waals surface area contributed by atoms with Crippen LogP contribution in [0.2, 0.25) is 0 Å². The van der Waals surface area contributed by atoms with Crippen LogP contribution in [0.4, 0.5) is 18.3 Å². The monoisotopic (exact) mass is 558 g/mol. The van der Waals surface area contributed by atoms with Crippen LogP contribution in [0.25, 0.3) is 0 Å². The molecule has 0 amide bonds. The molecule has 3 rings (SSSR count). The first-order valence-electron chi connectivity index (χ1n) is 9.52. The molecule has 3 heterocycles. The lowest BCUT2D eigenvalue weighted by Gasteiger charge is -2.36. The van der Waals surface area contributed by atoms with Gasteiger partial charge in [-0.3, -0.25) is 4.68 Å². The number of aliphatic imine (C=N–C) groups is 1. The van der Waals surface area contributed by atoms with Crippen molar-refractivity contribution in [3.05, 3.63) is 23.3 Å². The molecule has 1 saturated heterocycles. The van der Waals surface area contributed by atoms with Crippen molar-refractivity contribution in [3.8, 4) is 0 Å². The van der Waals surface area contributed by atoms with Crippen LogP contribution in [-0.4, -0.2) is 62.7 Å². The zero-order chi connectivity index (χ0) is 21.0. The second kappa shape index (κ2) is 10.6. The van der Waals surface area contributed by atoms with Crippen LogP contribution >= 0.6 is 35.5 Å². The molecule has 8 nitrogen and oxygen atoms in total. The van der Waals surface area contributed by atoms with Crippen molar-refractivity contribution < 1.29 is 13.2 Å². The van der Waals surface area contributed by atoms with E-state index in [2.05, 4.69) is 34.6 Å². The molecule has 1 fully saturated rings. The van der Waals surface area contributed by atoms with Gasteiger partial charge in [-0.15, -0.1) is 24.0 Å². The van der Waals surface area contributed by atoms with E-state index in [4.69, 9.17) is 0 Å². The van der Waals surface area contributed by atoms with Crippen molar-refractivity contribution in [3.63, 3.8) is 0 Å². The third-order valence-electron chi connectivity index (χ3n) is 4.53. The fraction of sp³-hybridized carbons (Fsp3) is 0.647. The van der Waals surface area contributed by atoms with Gasteiger partial charge in [0.25, 0.3) is 0 Å². The second-order valence-corrected chi connectivity index (χ2v) is 7.40. The van der Waals surface area contributed by atoms with Crippen LogP contribution in [0.3, 0.4) is 0 Å². The van der Waals surface area contributed by atoms with Gasteiger partial charge in [-0.2, -0.15) is 22.6 Å². The van der Waals surface area contributed by atoms with Crippen molar-refractivity contribution in [1.29, 1.82) is 0 Å². The standard InChI is InChI=1S/C17H25F3N8S.HI/c1-4-13-23-16(29-25-13)28-8-6-27(7-9-28)15(21-5-2)22-10-12-11-26(3)24-14(12)17(18,19)20;/h11H,4-10H2,1-3H3,(H,21,22);1H. The minimum Gasteiger partial charge on any atom is -0.357 e. The Morgan fingerprint density at radius 2 is 1.93 bits per heavy atom. The summed E-state index contributed by atoms with van der Waals surface area (Å²) in [5.74, 6) is 1.45. The zero-order valence-corrected chi connectivity index (χ0v) is 20.3. The van der Waals surface area contributed by atoms with Crippen LogP contribution in [-0.2, 0) is 26.2 Å². The molecular weight excluding hydrogens is 532 g/mol. The number of guanidine groups is 1. The van der Waals surface area contributed by atoms with E-state index in [9.17, 15) is 13.2 Å². The van der Waals surface area contributed by atoms with Gasteiger partial charge in [-0.25, -0.2) is 9.98 Å². The van der Waals surface area contributed by atoms with E-state index in [1.54, 1.807) is 0 Å². The number of hydrogen-bond donors (Lipinski definition) is 1. The van der Waals surface area contributed by atoms with Crippen molar-refractivity contribution in [2.75, 3.05) is 37.6 Å². The first-order valence-corrected chi connectivity index (χ1v) is 10.3. The fourth-order valence-electron chi connectivity index (χ4n) is 3.10. The van der Waals surface area contributed by atoms with Crippen LogP contribution in [0.1, 0.15) is 30.9 Å². The van der Waals surface area contributed by atoms with E-state index >= 15 is 0 Å². The molecule has 1 aliphatic heterocycles. The molecule has 0 saturated carbocycles. The minimum atomic E-state index is -4.49. The Balaban J connectivity index is 0.00000320. The van der Waals surface area contributed by atoms with Gasteiger partial charge >= 0.3 is 6.18 Å². The van der Waals surface area contributed by atoms with Gasteiger partial charge in [-0.1, -0.05) is 6.92 Å². The lowest BCUT2D eigenvalue weighted by molar-refractivity contribution is -0.142. The van der Waals surface area contributed by atoms with Crippen molar-refractivity contribution >= 4 is 46.6 Å². The summed E-state index contributed by atoms with van der Waals surface area (Å²) < 4.78 is 45.0. The van der Waals surface area contributed by atoms with E-state index < -0.39 is 11.9 Å². The quantitative estimate of drug-likeness (QED) is 0.346. The Labute approximate surface area is 194 Å². The molecular formula is C17H26F3IN8S. The lowest BCUT2D eigenvalue weighted by Crippen LogP contribution is -2.52. The molecule has 0 bridgehead atoms. The summed E-state index contributed by atoms with van der Waals surface area (Å²) in [5.41, 5.74) is -0.817. The van der Waals surface area contributed by atoms with Gasteiger partial charge in [0.15, 0.2) is 11.7 Å². The first kappa shape index (κ1) is 24.6. The highest BCUT2D eigenvalue weighted by atomic mass is 127. The number of halogens is 4. The Morgan fingerprint density at radius 1 is 1.23 bits per heavy atom. The molecule has 2 aromatic heterocycles. The number of alkyl halides is 3. The minimum absolute atomic E-state index is 0. The van der Waals surface area contributed by atoms with Gasteiger partial charge in [-0.05, 0) is 6.92 Å². The fourth-order valence-corrected chi connectivity index (χ4v) is 3.91. The van der Waals surface area contributed by atoms with Crippen LogP contribution in [0.15, 0.2) is 11.2 Å². The molecule has 30 heavy (non-hydrogen) atoms. The summed E-state index contributed by atoms with van der Waals surface area (Å²) in [5, 5.41) is 7.63. The molecule has 1 N–H and O–H groups in total. The third-order valence-corrected chi connectivity index (χ3v) is 5.35. The predicted molar refractivity (Wildman–Crippen MR) is 122 cm³/mol. The van der Waals surface area contributed by atoms with Gasteiger partial charge in [0.2, 0.25) is 5.13 Å². The maximum atomic E-state index is 13.2. The third kappa shape index (κ3) is 5.95. The first-order chi connectivity index (χ1) is 13.8. The van der Waals surface area contributed by atoms with E-state index in [1.165, 1.54) is 29.5 Å². The molecule has 0 atom stereocenters. The number of aromatic nitrogens is 4. The van der Waals surface area contributed by atoms with E-state index in [0.717, 1.165) is 30.5 Å². The average molecular weight is 558 g/mol. The van der Waals surface area contributed by atoms with Gasteiger partial charge in [0, 0.05) is 69.5 Å². The molecule has 168 valence electrons. The summed E-state index contributed by atoms with van der Waals surface area (Å²) in [4.78, 5) is 13.2. The average Bonchev–Trinajstić information content (AvgIpc) is 3.31. The van der Waals surface area contributed by atoms with Crippen molar-refractivity contribution in [2.45, 2.75) is 33.0 Å². The number of rotatable bonds is 5. The number of anilines is 1. The SMILES string of the molecule is CCNC(=NCc1cn(C)nc1C(F)(F)F)N1CCN(c2nc(CC)ns2)CC1.I. The Morgan fingerprint density at radius 3 is 2.50 bits per heavy atom. The van der Waals surface area contributed by atoms with E-state index in [-0.39, 0.29) is 36.1 Å². The lowest BCUT2D eigenvalue weighted by atomic mass is 10.2.